The van der Waals surface area contributed by atoms with E-state index in [4.69, 9.17) is 5.73 Å². The average Bonchev–Trinajstić information content (AvgIpc) is 3.58. The molecule has 0 saturated heterocycles. The number of allylic oxidation sites excluding steroid dienone is 1. The Morgan fingerprint density at radius 2 is 1.83 bits per heavy atom. The molecule has 5 aromatic rings. The van der Waals surface area contributed by atoms with Gasteiger partial charge in [0.2, 0.25) is 0 Å². The van der Waals surface area contributed by atoms with Crippen LogP contribution in [0, 0.1) is 0 Å². The molecule has 0 saturated carbocycles. The van der Waals surface area contributed by atoms with Crippen molar-refractivity contribution < 1.29 is 9.59 Å². The van der Waals surface area contributed by atoms with E-state index in [1.807, 2.05) is 48.7 Å². The zero-order valence-corrected chi connectivity index (χ0v) is 18.3. The van der Waals surface area contributed by atoms with Crippen molar-refractivity contribution in [3.63, 3.8) is 0 Å². The third-order valence-electron chi connectivity index (χ3n) is 5.33. The highest BCUT2D eigenvalue weighted by Gasteiger charge is 2.12. The Balaban J connectivity index is 1.35. The van der Waals surface area contributed by atoms with Crippen molar-refractivity contribution in [1.82, 2.24) is 30.5 Å². The van der Waals surface area contributed by atoms with Crippen LogP contribution in [0.1, 0.15) is 10.5 Å². The Bertz CT molecular complexity index is 1540. The van der Waals surface area contributed by atoms with Gasteiger partial charge in [-0.1, -0.05) is 24.3 Å². The Morgan fingerprint density at radius 3 is 2.57 bits per heavy atom. The standard InChI is InChI=1S/C25H20N8O2/c26-11-20(14-34)31-25(35)22-9-16-1-2-17(10-21(16)32-22)24-27-8-7-23(33-24)30-19-5-3-15(4-6-19)18-12-28-29-13-18/h1-14,32H,26H2,(H,28,29)(H,31,35)(H,27,30,33). The largest absolute Gasteiger partial charge is 0.403 e. The molecule has 0 aliphatic rings. The van der Waals surface area contributed by atoms with Crippen LogP contribution in [0.25, 0.3) is 33.4 Å². The molecule has 0 aliphatic heterocycles. The second-order valence-electron chi connectivity index (χ2n) is 7.63. The van der Waals surface area contributed by atoms with Crippen molar-refractivity contribution in [2.24, 2.45) is 5.73 Å². The molecule has 0 atom stereocenters. The van der Waals surface area contributed by atoms with Gasteiger partial charge in [0.05, 0.1) is 11.9 Å². The summed E-state index contributed by atoms with van der Waals surface area (Å²) < 4.78 is 0. The molecule has 0 fully saturated rings. The first-order valence-electron chi connectivity index (χ1n) is 10.6. The summed E-state index contributed by atoms with van der Waals surface area (Å²) in [6.07, 6.45) is 6.81. The maximum absolute atomic E-state index is 12.4. The van der Waals surface area contributed by atoms with Crippen LogP contribution in [0.5, 0.6) is 0 Å². The van der Waals surface area contributed by atoms with Crippen molar-refractivity contribution in [3.8, 4) is 22.5 Å². The summed E-state index contributed by atoms with van der Waals surface area (Å²) in [7, 11) is 0. The number of rotatable bonds is 7. The number of H-pyrrole nitrogens is 2. The highest BCUT2D eigenvalue weighted by Crippen LogP contribution is 2.25. The number of aldehydes is 1. The number of carbonyl (C=O) groups excluding carboxylic acids is 2. The normalized spacial score (nSPS) is 11.4. The fourth-order valence-electron chi connectivity index (χ4n) is 3.57. The minimum atomic E-state index is -0.465. The summed E-state index contributed by atoms with van der Waals surface area (Å²) >= 11 is 0. The van der Waals surface area contributed by atoms with E-state index in [1.165, 1.54) is 0 Å². The van der Waals surface area contributed by atoms with Gasteiger partial charge >= 0.3 is 0 Å². The van der Waals surface area contributed by atoms with Crippen LogP contribution >= 0.6 is 0 Å². The fraction of sp³-hybridized carbons (Fsp3) is 0. The van der Waals surface area contributed by atoms with Crippen LogP contribution in [0.3, 0.4) is 0 Å². The lowest BCUT2D eigenvalue weighted by atomic mass is 10.1. The van der Waals surface area contributed by atoms with Gasteiger partial charge in [-0.15, -0.1) is 0 Å². The van der Waals surface area contributed by atoms with Crippen molar-refractivity contribution in [1.29, 1.82) is 0 Å². The van der Waals surface area contributed by atoms with E-state index in [-0.39, 0.29) is 5.70 Å². The fourth-order valence-corrected chi connectivity index (χ4v) is 3.57. The Kier molecular flexibility index (Phi) is 5.75. The first-order chi connectivity index (χ1) is 17.1. The number of carbonyl (C=O) groups is 2. The van der Waals surface area contributed by atoms with Gasteiger partial charge in [0.15, 0.2) is 12.1 Å². The molecule has 10 heteroatoms. The summed E-state index contributed by atoms with van der Waals surface area (Å²) in [5.41, 5.74) is 10.1. The SMILES string of the molecule is NC=C(C=O)NC(=O)c1cc2ccc(-c3nccc(Nc4ccc(-c5cn[nH]c5)cc4)n3)cc2[nH]1. The molecule has 3 heterocycles. The van der Waals surface area contributed by atoms with E-state index >= 15 is 0 Å². The first-order valence-corrected chi connectivity index (χ1v) is 10.6. The minimum Gasteiger partial charge on any atom is -0.403 e. The Morgan fingerprint density at radius 1 is 1.00 bits per heavy atom. The van der Waals surface area contributed by atoms with Gasteiger partial charge in [-0.25, -0.2) is 9.97 Å². The van der Waals surface area contributed by atoms with Crippen LogP contribution in [-0.4, -0.2) is 37.3 Å². The smallest absolute Gasteiger partial charge is 0.272 e. The van der Waals surface area contributed by atoms with Crippen molar-refractivity contribution in [2.75, 3.05) is 5.32 Å². The molecule has 3 aromatic heterocycles. The van der Waals surface area contributed by atoms with Crippen LogP contribution in [0.2, 0.25) is 0 Å². The lowest BCUT2D eigenvalue weighted by Gasteiger charge is -2.08. The summed E-state index contributed by atoms with van der Waals surface area (Å²) in [5.74, 6) is 0.710. The predicted molar refractivity (Wildman–Crippen MR) is 132 cm³/mol. The van der Waals surface area contributed by atoms with Gasteiger partial charge in [-0.2, -0.15) is 5.10 Å². The first kappa shape index (κ1) is 21.6. The molecule has 0 radical (unpaired) electrons. The molecule has 0 bridgehead atoms. The second-order valence-corrected chi connectivity index (χ2v) is 7.63. The van der Waals surface area contributed by atoms with E-state index in [0.29, 0.717) is 23.6 Å². The van der Waals surface area contributed by atoms with Gasteiger partial charge in [-0.3, -0.25) is 14.7 Å². The number of benzene rings is 2. The number of aromatic nitrogens is 5. The van der Waals surface area contributed by atoms with Crippen molar-refractivity contribution in [3.05, 3.63) is 90.8 Å². The van der Waals surface area contributed by atoms with E-state index < -0.39 is 5.91 Å². The van der Waals surface area contributed by atoms with Crippen molar-refractivity contribution in [2.45, 2.75) is 0 Å². The van der Waals surface area contributed by atoms with E-state index in [1.54, 1.807) is 24.5 Å². The third kappa shape index (κ3) is 4.62. The lowest BCUT2D eigenvalue weighted by Crippen LogP contribution is -2.24. The van der Waals surface area contributed by atoms with Crippen molar-refractivity contribution >= 4 is 34.6 Å². The number of nitrogens with one attached hydrogen (secondary N) is 4. The number of amides is 1. The van der Waals surface area contributed by atoms with Gasteiger partial charge in [-0.05, 0) is 35.9 Å². The molecule has 0 aliphatic carbocycles. The summed E-state index contributed by atoms with van der Waals surface area (Å²) in [6.45, 7) is 0. The zero-order chi connectivity index (χ0) is 24.2. The third-order valence-corrected chi connectivity index (χ3v) is 5.33. The number of hydrogen-bond donors (Lipinski definition) is 5. The average molecular weight is 464 g/mol. The van der Waals surface area contributed by atoms with E-state index in [9.17, 15) is 9.59 Å². The van der Waals surface area contributed by atoms with E-state index in [0.717, 1.165) is 39.5 Å². The van der Waals surface area contributed by atoms with Crippen LogP contribution in [0.4, 0.5) is 11.5 Å². The molecular weight excluding hydrogens is 444 g/mol. The number of fused-ring (bicyclic) bond motifs is 1. The molecule has 0 spiro atoms. The zero-order valence-electron chi connectivity index (χ0n) is 18.3. The van der Waals surface area contributed by atoms with E-state index in [2.05, 4.69) is 35.8 Å². The summed E-state index contributed by atoms with van der Waals surface area (Å²) in [5, 5.41) is 13.3. The number of anilines is 2. The maximum atomic E-state index is 12.4. The highest BCUT2D eigenvalue weighted by atomic mass is 16.2. The number of nitrogens with zero attached hydrogens (tertiary/aromatic N) is 3. The van der Waals surface area contributed by atoms with Gasteiger partial charge in [0.1, 0.15) is 11.5 Å². The quantitative estimate of drug-likeness (QED) is 0.182. The van der Waals surface area contributed by atoms with Gasteiger partial charge < -0.3 is 21.4 Å². The molecular formula is C25H20N8O2. The van der Waals surface area contributed by atoms with Crippen LogP contribution < -0.4 is 16.4 Å². The highest BCUT2D eigenvalue weighted by molar-refractivity contribution is 6.01. The molecule has 2 aromatic carbocycles. The molecule has 1 amide bonds. The van der Waals surface area contributed by atoms with Crippen LogP contribution in [0.15, 0.2) is 85.1 Å². The minimum absolute atomic E-state index is 0.0109. The molecule has 6 N–H and O–H groups in total. The molecule has 10 nitrogen and oxygen atoms in total. The summed E-state index contributed by atoms with van der Waals surface area (Å²) in [4.78, 5) is 35.3. The van der Waals surface area contributed by atoms with Crippen LogP contribution in [-0.2, 0) is 4.79 Å². The number of nitrogens with two attached hydrogens (primary N) is 1. The second kappa shape index (κ2) is 9.32. The Hall–Kier alpha value is -5.25. The molecule has 35 heavy (non-hydrogen) atoms. The van der Waals surface area contributed by atoms with Gasteiger partial charge in [0, 0.05) is 46.3 Å². The predicted octanol–water partition coefficient (Wildman–Crippen LogP) is 3.49. The molecule has 5 rings (SSSR count). The number of hydrogen-bond acceptors (Lipinski definition) is 7. The number of aromatic amines is 2. The van der Waals surface area contributed by atoms with Gasteiger partial charge in [0.25, 0.3) is 5.91 Å². The monoisotopic (exact) mass is 464 g/mol. The maximum Gasteiger partial charge on any atom is 0.272 e. The topological polar surface area (TPSA) is 154 Å². The molecule has 0 unspecified atom stereocenters. The molecule has 172 valence electrons. The summed E-state index contributed by atoms with van der Waals surface area (Å²) in [6, 6.07) is 17.0. The Labute approximate surface area is 199 Å². The lowest BCUT2D eigenvalue weighted by molar-refractivity contribution is -0.105.